The van der Waals surface area contributed by atoms with E-state index in [9.17, 15) is 14.4 Å². The van der Waals surface area contributed by atoms with Gasteiger partial charge >= 0.3 is 6.09 Å². The van der Waals surface area contributed by atoms with Crippen molar-refractivity contribution in [3.63, 3.8) is 0 Å². The maximum Gasteiger partial charge on any atom is 0.410 e. The number of nitrogens with one attached hydrogen (secondary N) is 1. The quantitative estimate of drug-likeness (QED) is 0.635. The van der Waals surface area contributed by atoms with Gasteiger partial charge in [0, 0.05) is 13.0 Å². The molecule has 1 fully saturated rings. The monoisotopic (exact) mass is 467 g/mol. The summed E-state index contributed by atoms with van der Waals surface area (Å²) in [6.07, 6.45) is -1.57. The first kappa shape index (κ1) is 20.1. The molecule has 0 saturated carbocycles. The number of likely N-dealkylation sites (tertiary alicyclic amines) is 1. The van der Waals surface area contributed by atoms with Gasteiger partial charge in [-0.15, -0.1) is 0 Å². The number of pyridine rings is 1. The number of rotatable bonds is 0. The van der Waals surface area contributed by atoms with E-state index < -0.39 is 47.7 Å². The minimum Gasteiger partial charge on any atom is -0.444 e. The van der Waals surface area contributed by atoms with E-state index in [0.717, 1.165) is 4.90 Å². The average Bonchev–Trinajstić information content (AvgIpc) is 2.80. The molecule has 27 heavy (non-hydrogen) atoms. The zero-order chi connectivity index (χ0) is 20.4. The van der Waals surface area contributed by atoms with Gasteiger partial charge in [-0.3, -0.25) is 14.2 Å². The van der Waals surface area contributed by atoms with Crippen LogP contribution < -0.4 is 10.9 Å². The van der Waals surface area contributed by atoms with E-state index in [0.29, 0.717) is 4.57 Å². The second kappa shape index (κ2) is 6.16. The Morgan fingerprint density at radius 3 is 2.59 bits per heavy atom. The highest BCUT2D eigenvalue weighted by atomic mass is 79.9. The van der Waals surface area contributed by atoms with Gasteiger partial charge in [0.15, 0.2) is 0 Å². The van der Waals surface area contributed by atoms with Crippen LogP contribution in [0.15, 0.2) is 15.3 Å². The van der Waals surface area contributed by atoms with Crippen molar-refractivity contribution in [1.82, 2.24) is 14.8 Å². The highest BCUT2D eigenvalue weighted by Crippen LogP contribution is 2.44. The van der Waals surface area contributed by atoms with Crippen molar-refractivity contribution >= 4 is 39.5 Å². The lowest BCUT2D eigenvalue weighted by Crippen LogP contribution is -2.69. The molecule has 1 N–H and O–H groups in total. The van der Waals surface area contributed by atoms with E-state index in [4.69, 9.17) is 16.3 Å². The van der Waals surface area contributed by atoms with E-state index in [2.05, 4.69) is 21.2 Å². The number of aromatic nitrogens is 1. The highest BCUT2D eigenvalue weighted by molar-refractivity contribution is 9.10. The van der Waals surface area contributed by atoms with Crippen LogP contribution in [-0.2, 0) is 10.4 Å². The predicted molar refractivity (Wildman–Crippen MR) is 96.2 cm³/mol. The van der Waals surface area contributed by atoms with Gasteiger partial charge in [0.2, 0.25) is 5.66 Å². The Hall–Kier alpha value is -1.68. The van der Waals surface area contributed by atoms with Gasteiger partial charge in [-0.05, 0) is 42.8 Å². The van der Waals surface area contributed by atoms with Gasteiger partial charge in [0.05, 0.1) is 16.0 Å². The molecule has 148 valence electrons. The summed E-state index contributed by atoms with van der Waals surface area (Å²) >= 11 is 9.01. The molecule has 11 heteroatoms. The van der Waals surface area contributed by atoms with Gasteiger partial charge < -0.3 is 15.0 Å². The largest absolute Gasteiger partial charge is 0.444 e. The molecule has 1 unspecified atom stereocenters. The fourth-order valence-electron chi connectivity index (χ4n) is 3.23. The van der Waals surface area contributed by atoms with Crippen molar-refractivity contribution in [2.24, 2.45) is 0 Å². The van der Waals surface area contributed by atoms with Crippen molar-refractivity contribution in [2.45, 2.75) is 44.4 Å². The number of hydrogen-bond acceptors (Lipinski definition) is 4. The minimum atomic E-state index is -3.50. The van der Waals surface area contributed by atoms with Crippen LogP contribution in [0.25, 0.3) is 0 Å². The maximum absolute atomic E-state index is 15.0. The van der Waals surface area contributed by atoms with Gasteiger partial charge in [-0.25, -0.2) is 13.6 Å². The van der Waals surface area contributed by atoms with Crippen molar-refractivity contribution in [3.8, 4) is 0 Å². The Labute approximate surface area is 166 Å². The van der Waals surface area contributed by atoms with Gasteiger partial charge in [0.1, 0.15) is 11.3 Å². The van der Waals surface area contributed by atoms with Crippen LogP contribution in [0.5, 0.6) is 0 Å². The molecular formula is C16H17BrClF2N3O4. The third-order valence-corrected chi connectivity index (χ3v) is 5.26. The summed E-state index contributed by atoms with van der Waals surface area (Å²) in [7, 11) is 0. The van der Waals surface area contributed by atoms with E-state index in [1.807, 2.05) is 0 Å². The number of carbonyl (C=O) groups excluding carboxylic acids is 2. The molecule has 2 amide bonds. The number of fused-ring (bicyclic) bond motifs is 2. The molecule has 3 heterocycles. The van der Waals surface area contributed by atoms with Crippen molar-refractivity contribution in [1.29, 1.82) is 0 Å². The number of piperidine rings is 1. The number of halogens is 4. The van der Waals surface area contributed by atoms with Crippen molar-refractivity contribution in [2.75, 3.05) is 13.1 Å². The minimum absolute atomic E-state index is 0.0719. The smallest absolute Gasteiger partial charge is 0.410 e. The summed E-state index contributed by atoms with van der Waals surface area (Å²) in [5, 5.41) is 2.05. The molecular weight excluding hydrogens is 452 g/mol. The Morgan fingerprint density at radius 2 is 2.00 bits per heavy atom. The summed E-state index contributed by atoms with van der Waals surface area (Å²) in [5.41, 5.74) is -4.49. The molecule has 1 atom stereocenters. The molecule has 7 nitrogen and oxygen atoms in total. The molecule has 0 aromatic carbocycles. The molecule has 1 aromatic heterocycles. The van der Waals surface area contributed by atoms with E-state index in [1.165, 1.54) is 6.07 Å². The molecule has 2 aliphatic rings. The second-order valence-corrected chi connectivity index (χ2v) is 8.76. The Kier molecular flexibility index (Phi) is 4.58. The molecule has 1 spiro atoms. The third kappa shape index (κ3) is 3.12. The summed E-state index contributed by atoms with van der Waals surface area (Å²) < 4.78 is 35.9. The topological polar surface area (TPSA) is 80.6 Å². The standard InChI is InChI=1S/C16H17BrClF2N3O4/c1-14(2,3)27-13(26)22-5-4-15(19,20)16(7-22)21-11(24)10-9(18)6-8(17)12(25)23(10)16/h6H,4-5,7H2,1-3H3,(H,21,24). The second-order valence-electron chi connectivity index (χ2n) is 7.50. The normalized spacial score (nSPS) is 24.0. The number of alkyl halides is 2. The molecule has 1 aromatic rings. The number of hydrogen-bond donors (Lipinski definition) is 1. The van der Waals surface area contributed by atoms with Crippen LogP contribution >= 0.6 is 27.5 Å². The number of nitrogens with zero attached hydrogens (tertiary/aromatic N) is 2. The molecule has 0 radical (unpaired) electrons. The van der Waals surface area contributed by atoms with E-state index >= 15 is 8.78 Å². The molecule has 2 aliphatic heterocycles. The van der Waals surface area contributed by atoms with Crippen LogP contribution in [0.2, 0.25) is 5.02 Å². The first-order valence-electron chi connectivity index (χ1n) is 8.09. The molecule has 1 saturated heterocycles. The van der Waals surface area contributed by atoms with Crippen LogP contribution in [0.3, 0.4) is 0 Å². The Balaban J connectivity index is 2.13. The van der Waals surface area contributed by atoms with Crippen LogP contribution in [0.1, 0.15) is 37.7 Å². The lowest BCUT2D eigenvalue weighted by molar-refractivity contribution is -0.160. The SMILES string of the molecule is CC(C)(C)OC(=O)N1CCC(F)(F)C2(C1)NC(=O)c1c(Cl)cc(Br)c(=O)n12. The average molecular weight is 469 g/mol. The van der Waals surface area contributed by atoms with Crippen LogP contribution in [-0.4, -0.2) is 46.1 Å². The molecule has 0 aliphatic carbocycles. The fourth-order valence-corrected chi connectivity index (χ4v) is 4.05. The van der Waals surface area contributed by atoms with Crippen molar-refractivity contribution in [3.05, 3.63) is 31.6 Å². The lowest BCUT2D eigenvalue weighted by atomic mass is 9.93. The summed E-state index contributed by atoms with van der Waals surface area (Å²) in [4.78, 5) is 38.5. The first-order chi connectivity index (χ1) is 12.3. The molecule has 0 bridgehead atoms. The lowest BCUT2D eigenvalue weighted by Gasteiger charge is -2.46. The third-order valence-electron chi connectivity index (χ3n) is 4.40. The van der Waals surface area contributed by atoms with Gasteiger partial charge in [0.25, 0.3) is 17.4 Å². The van der Waals surface area contributed by atoms with Gasteiger partial charge in [-0.1, -0.05) is 11.6 Å². The fraction of sp³-hybridized carbons (Fsp3) is 0.562. The summed E-state index contributed by atoms with van der Waals surface area (Å²) in [6, 6.07) is 1.18. The summed E-state index contributed by atoms with van der Waals surface area (Å²) in [5.74, 6) is -4.41. The Bertz CT molecular complexity index is 899. The zero-order valence-electron chi connectivity index (χ0n) is 14.7. The number of ether oxygens (including phenoxy) is 1. The Morgan fingerprint density at radius 1 is 1.37 bits per heavy atom. The molecule has 3 rings (SSSR count). The number of carbonyl (C=O) groups is 2. The van der Waals surface area contributed by atoms with Crippen LogP contribution in [0.4, 0.5) is 13.6 Å². The van der Waals surface area contributed by atoms with E-state index in [1.54, 1.807) is 20.8 Å². The zero-order valence-corrected chi connectivity index (χ0v) is 17.1. The highest BCUT2D eigenvalue weighted by Gasteiger charge is 2.64. The van der Waals surface area contributed by atoms with Crippen molar-refractivity contribution < 1.29 is 23.1 Å². The summed E-state index contributed by atoms with van der Waals surface area (Å²) in [6.45, 7) is 4.01. The predicted octanol–water partition coefficient (Wildman–Crippen LogP) is 2.94. The maximum atomic E-state index is 15.0. The first-order valence-corrected chi connectivity index (χ1v) is 9.26. The van der Waals surface area contributed by atoms with Gasteiger partial charge in [-0.2, -0.15) is 0 Å². The van der Waals surface area contributed by atoms with Crippen LogP contribution in [0, 0.1) is 0 Å². The van der Waals surface area contributed by atoms with E-state index in [-0.39, 0.29) is 21.7 Å². The number of amides is 2.